The number of carbonyl (C=O) groups is 1. The van der Waals surface area contributed by atoms with E-state index in [0.29, 0.717) is 19.0 Å². The predicted molar refractivity (Wildman–Crippen MR) is 63.2 cm³/mol. The molecule has 0 saturated carbocycles. The minimum Gasteiger partial charge on any atom is -0.380 e. The van der Waals surface area contributed by atoms with Gasteiger partial charge in [0.05, 0.1) is 6.10 Å². The van der Waals surface area contributed by atoms with Crippen LogP contribution in [0.5, 0.6) is 0 Å². The molecule has 4 nitrogen and oxygen atoms in total. The Morgan fingerprint density at radius 2 is 2.53 bits per heavy atom. The summed E-state index contributed by atoms with van der Waals surface area (Å²) in [6.07, 6.45) is 0.659. The molecule has 0 aliphatic carbocycles. The first-order valence-electron chi connectivity index (χ1n) is 5.33. The number of hydrogen-bond acceptors (Lipinski definition) is 4. The van der Waals surface area contributed by atoms with Gasteiger partial charge in [-0.3, -0.25) is 4.79 Å². The molecule has 1 amide bonds. The van der Waals surface area contributed by atoms with Gasteiger partial charge >= 0.3 is 0 Å². The average molecular weight is 232 g/mol. The van der Waals surface area contributed by atoms with Crippen molar-refractivity contribution in [2.24, 2.45) is 0 Å². The molecule has 1 aliphatic rings. The van der Waals surface area contributed by atoms with Crippen LogP contribution in [-0.2, 0) is 9.53 Å². The minimum absolute atomic E-state index is 0.0858. The predicted octanol–water partition coefficient (Wildman–Crippen LogP) is 0.233. The first-order chi connectivity index (χ1) is 7.22. The second-order valence-corrected chi connectivity index (χ2v) is 4.93. The highest BCUT2D eigenvalue weighted by atomic mass is 32.2. The van der Waals surface area contributed by atoms with Gasteiger partial charge in [0.2, 0.25) is 5.91 Å². The smallest absolute Gasteiger partial charge is 0.221 e. The maximum atomic E-state index is 11.5. The molecular formula is C10H20N2O2S. The fourth-order valence-corrected chi connectivity index (χ4v) is 2.34. The molecule has 0 aromatic carbocycles. The van der Waals surface area contributed by atoms with Crippen molar-refractivity contribution in [3.8, 4) is 0 Å². The summed E-state index contributed by atoms with van der Waals surface area (Å²) in [7, 11) is 1.65. The van der Waals surface area contributed by atoms with Gasteiger partial charge in [0.15, 0.2) is 0 Å². The molecule has 15 heavy (non-hydrogen) atoms. The van der Waals surface area contributed by atoms with Gasteiger partial charge in [-0.1, -0.05) is 0 Å². The lowest BCUT2D eigenvalue weighted by molar-refractivity contribution is -0.122. The Balaban J connectivity index is 2.11. The highest BCUT2D eigenvalue weighted by Gasteiger charge is 2.16. The largest absolute Gasteiger partial charge is 0.380 e. The van der Waals surface area contributed by atoms with Crippen LogP contribution < -0.4 is 10.6 Å². The molecule has 88 valence electrons. The monoisotopic (exact) mass is 232 g/mol. The fraction of sp³-hybridized carbons (Fsp3) is 0.900. The zero-order valence-corrected chi connectivity index (χ0v) is 10.2. The molecule has 0 bridgehead atoms. The van der Waals surface area contributed by atoms with Crippen LogP contribution in [0.2, 0.25) is 0 Å². The summed E-state index contributed by atoms with van der Waals surface area (Å²) >= 11 is 1.91. The first-order valence-corrected chi connectivity index (χ1v) is 6.48. The molecule has 2 N–H and O–H groups in total. The Morgan fingerprint density at radius 1 is 1.73 bits per heavy atom. The van der Waals surface area contributed by atoms with Crippen LogP contribution in [0, 0.1) is 0 Å². The second-order valence-electron chi connectivity index (χ2n) is 3.78. The van der Waals surface area contributed by atoms with Gasteiger partial charge in [-0.15, -0.1) is 0 Å². The summed E-state index contributed by atoms with van der Waals surface area (Å²) in [5.41, 5.74) is 0. The zero-order valence-electron chi connectivity index (χ0n) is 9.41. The van der Waals surface area contributed by atoms with E-state index < -0.39 is 0 Å². The van der Waals surface area contributed by atoms with E-state index in [1.54, 1.807) is 7.11 Å². The standard InChI is InChI=1S/C10H20N2O2S/c1-8(14-2)6-12-10(13)5-9-7-15-4-3-11-9/h8-9,11H,3-7H2,1-2H3,(H,12,13). The maximum absolute atomic E-state index is 11.5. The van der Waals surface area contributed by atoms with Gasteiger partial charge in [0, 0.05) is 44.2 Å². The van der Waals surface area contributed by atoms with Crippen molar-refractivity contribution in [2.45, 2.75) is 25.5 Å². The second kappa shape index (κ2) is 7.09. The van der Waals surface area contributed by atoms with E-state index in [9.17, 15) is 4.79 Å². The number of hydrogen-bond donors (Lipinski definition) is 2. The molecule has 0 aromatic heterocycles. The molecule has 1 saturated heterocycles. The van der Waals surface area contributed by atoms with E-state index >= 15 is 0 Å². The summed E-state index contributed by atoms with van der Waals surface area (Å²) in [4.78, 5) is 11.5. The van der Waals surface area contributed by atoms with Crippen LogP contribution in [0.3, 0.4) is 0 Å². The third-order valence-electron chi connectivity index (χ3n) is 2.42. The zero-order chi connectivity index (χ0) is 11.1. The van der Waals surface area contributed by atoms with Crippen LogP contribution in [0.25, 0.3) is 0 Å². The minimum atomic E-state index is 0.0858. The van der Waals surface area contributed by atoms with E-state index in [2.05, 4.69) is 10.6 Å². The maximum Gasteiger partial charge on any atom is 0.221 e. The van der Waals surface area contributed by atoms with Crippen molar-refractivity contribution in [1.82, 2.24) is 10.6 Å². The average Bonchev–Trinajstić information content (AvgIpc) is 2.27. The first kappa shape index (κ1) is 12.8. The highest BCUT2D eigenvalue weighted by Crippen LogP contribution is 2.09. The molecule has 5 heteroatoms. The van der Waals surface area contributed by atoms with Crippen LogP contribution in [0.4, 0.5) is 0 Å². The molecule has 1 aliphatic heterocycles. The van der Waals surface area contributed by atoms with E-state index in [-0.39, 0.29) is 12.0 Å². The van der Waals surface area contributed by atoms with Crippen LogP contribution in [0.15, 0.2) is 0 Å². The van der Waals surface area contributed by atoms with E-state index in [1.165, 1.54) is 0 Å². The Labute approximate surface area is 95.5 Å². The summed E-state index contributed by atoms with van der Waals surface area (Å²) in [6, 6.07) is 0.335. The molecule has 1 rings (SSSR count). The van der Waals surface area contributed by atoms with E-state index in [0.717, 1.165) is 18.1 Å². The van der Waals surface area contributed by atoms with E-state index in [4.69, 9.17) is 4.74 Å². The third kappa shape index (κ3) is 5.39. The molecule has 0 radical (unpaired) electrons. The number of carbonyl (C=O) groups excluding carboxylic acids is 1. The van der Waals surface area contributed by atoms with Gasteiger partial charge in [0.1, 0.15) is 0 Å². The quantitative estimate of drug-likeness (QED) is 0.712. The Bertz CT molecular complexity index is 196. The van der Waals surface area contributed by atoms with Crippen molar-refractivity contribution in [3.05, 3.63) is 0 Å². The van der Waals surface area contributed by atoms with Gasteiger partial charge in [-0.05, 0) is 6.92 Å². The Kier molecular flexibility index (Phi) is 6.05. The van der Waals surface area contributed by atoms with Gasteiger partial charge in [-0.25, -0.2) is 0 Å². The van der Waals surface area contributed by atoms with E-state index in [1.807, 2.05) is 18.7 Å². The van der Waals surface area contributed by atoms with Gasteiger partial charge < -0.3 is 15.4 Å². The third-order valence-corrected chi connectivity index (χ3v) is 3.55. The van der Waals surface area contributed by atoms with Crippen molar-refractivity contribution in [3.63, 3.8) is 0 Å². The summed E-state index contributed by atoms with van der Waals surface area (Å²) in [5, 5.41) is 6.21. The Morgan fingerprint density at radius 3 is 3.13 bits per heavy atom. The van der Waals surface area contributed by atoms with Crippen LogP contribution in [-0.4, -0.2) is 49.8 Å². The molecule has 2 atom stereocenters. The lowest BCUT2D eigenvalue weighted by Crippen LogP contribution is -2.42. The SMILES string of the molecule is COC(C)CNC(=O)CC1CSCCN1. The summed E-state index contributed by atoms with van der Waals surface area (Å²) < 4.78 is 5.06. The lowest BCUT2D eigenvalue weighted by atomic mass is 10.2. The molecule has 1 fully saturated rings. The highest BCUT2D eigenvalue weighted by molar-refractivity contribution is 7.99. The molecule has 0 spiro atoms. The lowest BCUT2D eigenvalue weighted by Gasteiger charge is -2.22. The molecule has 2 unspecified atom stereocenters. The fourth-order valence-electron chi connectivity index (χ4n) is 1.39. The molecular weight excluding hydrogens is 212 g/mol. The van der Waals surface area contributed by atoms with Crippen molar-refractivity contribution in [2.75, 3.05) is 31.7 Å². The summed E-state index contributed by atoms with van der Waals surface area (Å²) in [5.74, 6) is 2.30. The summed E-state index contributed by atoms with van der Waals surface area (Å²) in [6.45, 7) is 3.54. The van der Waals surface area contributed by atoms with Crippen molar-refractivity contribution < 1.29 is 9.53 Å². The van der Waals surface area contributed by atoms with Gasteiger partial charge in [-0.2, -0.15) is 11.8 Å². The van der Waals surface area contributed by atoms with Crippen LogP contribution >= 0.6 is 11.8 Å². The van der Waals surface area contributed by atoms with Crippen LogP contribution in [0.1, 0.15) is 13.3 Å². The number of nitrogens with one attached hydrogen (secondary N) is 2. The number of methoxy groups -OCH3 is 1. The topological polar surface area (TPSA) is 50.4 Å². The van der Waals surface area contributed by atoms with Crippen molar-refractivity contribution in [1.29, 1.82) is 0 Å². The number of rotatable bonds is 5. The van der Waals surface area contributed by atoms with Gasteiger partial charge in [0.25, 0.3) is 0 Å². The number of ether oxygens (including phenoxy) is 1. The normalized spacial score (nSPS) is 23.5. The Hall–Kier alpha value is -0.260. The number of thioether (sulfide) groups is 1. The molecule has 1 heterocycles. The van der Waals surface area contributed by atoms with Crippen molar-refractivity contribution >= 4 is 17.7 Å². The number of amides is 1. The molecule has 0 aromatic rings.